The molecule has 3 rings (SSSR count). The fourth-order valence-corrected chi connectivity index (χ4v) is 2.40. The quantitative estimate of drug-likeness (QED) is 0.840. The van der Waals surface area contributed by atoms with Gasteiger partial charge < -0.3 is 15.0 Å². The smallest absolute Gasteiger partial charge is 0.410 e. The second kappa shape index (κ2) is 6.95. The Labute approximate surface area is 137 Å². The molecule has 0 spiro atoms. The number of H-pyrrole nitrogens is 1. The summed E-state index contributed by atoms with van der Waals surface area (Å²) >= 11 is 0. The third kappa shape index (κ3) is 3.60. The van der Waals surface area contributed by atoms with E-state index in [1.54, 1.807) is 0 Å². The first-order valence-electron chi connectivity index (χ1n) is 7.48. The van der Waals surface area contributed by atoms with Gasteiger partial charge in [0.2, 0.25) is 0 Å². The van der Waals surface area contributed by atoms with Crippen molar-refractivity contribution in [2.24, 2.45) is 0 Å². The van der Waals surface area contributed by atoms with E-state index in [0.717, 1.165) is 5.56 Å². The van der Waals surface area contributed by atoms with E-state index in [-0.39, 0.29) is 23.9 Å². The van der Waals surface area contributed by atoms with Crippen LogP contribution < -0.4 is 10.9 Å². The number of rotatable bonds is 5. The molecular formula is C16H16N4O4. The summed E-state index contributed by atoms with van der Waals surface area (Å²) in [6.45, 7) is 1.03. The van der Waals surface area contributed by atoms with Gasteiger partial charge in [-0.15, -0.1) is 0 Å². The van der Waals surface area contributed by atoms with E-state index in [1.807, 2.05) is 30.3 Å². The number of carbonyl (C=O) groups is 2. The zero-order valence-electron chi connectivity index (χ0n) is 12.8. The Morgan fingerprint density at radius 2 is 2.04 bits per heavy atom. The van der Waals surface area contributed by atoms with Crippen LogP contribution in [0, 0.1) is 0 Å². The van der Waals surface area contributed by atoms with Gasteiger partial charge in [0.05, 0.1) is 6.54 Å². The van der Waals surface area contributed by atoms with Gasteiger partial charge in [-0.2, -0.15) is 5.10 Å². The molecule has 1 unspecified atom stereocenters. The maximum Gasteiger partial charge on any atom is 0.410 e. The maximum atomic E-state index is 11.9. The number of hydrogen-bond acceptors (Lipinski definition) is 5. The molecule has 0 aliphatic carbocycles. The van der Waals surface area contributed by atoms with Crippen LogP contribution in [-0.2, 0) is 4.74 Å². The summed E-state index contributed by atoms with van der Waals surface area (Å²) in [6, 6.07) is 12.1. The minimum Gasteiger partial charge on any atom is -0.439 e. The summed E-state index contributed by atoms with van der Waals surface area (Å²) in [6.07, 6.45) is -0.699. The molecule has 1 aromatic heterocycles. The van der Waals surface area contributed by atoms with E-state index in [4.69, 9.17) is 4.74 Å². The highest BCUT2D eigenvalue weighted by molar-refractivity contribution is 5.91. The van der Waals surface area contributed by atoms with E-state index in [2.05, 4.69) is 15.5 Å². The predicted molar refractivity (Wildman–Crippen MR) is 84.4 cm³/mol. The van der Waals surface area contributed by atoms with Crippen molar-refractivity contribution in [2.75, 3.05) is 19.6 Å². The Morgan fingerprint density at radius 1 is 1.25 bits per heavy atom. The number of carbonyl (C=O) groups excluding carboxylic acids is 2. The Balaban J connectivity index is 1.50. The minimum absolute atomic E-state index is 0.112. The van der Waals surface area contributed by atoms with Crippen molar-refractivity contribution in [2.45, 2.75) is 6.10 Å². The van der Waals surface area contributed by atoms with E-state index in [1.165, 1.54) is 17.0 Å². The Morgan fingerprint density at radius 3 is 2.75 bits per heavy atom. The van der Waals surface area contributed by atoms with Crippen LogP contribution in [0.15, 0.2) is 47.3 Å². The number of cyclic esters (lactones) is 1. The summed E-state index contributed by atoms with van der Waals surface area (Å²) in [7, 11) is 0. The zero-order chi connectivity index (χ0) is 16.9. The van der Waals surface area contributed by atoms with Gasteiger partial charge >= 0.3 is 6.09 Å². The second-order valence-electron chi connectivity index (χ2n) is 5.29. The van der Waals surface area contributed by atoms with Gasteiger partial charge in [-0.3, -0.25) is 9.59 Å². The third-order valence-corrected chi connectivity index (χ3v) is 3.64. The molecule has 0 radical (unpaired) electrons. The number of amides is 2. The first-order valence-corrected chi connectivity index (χ1v) is 7.48. The topological polar surface area (TPSA) is 104 Å². The zero-order valence-corrected chi connectivity index (χ0v) is 12.8. The van der Waals surface area contributed by atoms with Crippen molar-refractivity contribution >= 4 is 12.0 Å². The van der Waals surface area contributed by atoms with E-state index in [0.29, 0.717) is 13.1 Å². The molecule has 1 fully saturated rings. The van der Waals surface area contributed by atoms with Crippen LogP contribution in [-0.4, -0.2) is 46.7 Å². The van der Waals surface area contributed by atoms with Gasteiger partial charge in [0.15, 0.2) is 0 Å². The van der Waals surface area contributed by atoms with Crippen LogP contribution >= 0.6 is 0 Å². The Hall–Kier alpha value is -3.16. The summed E-state index contributed by atoms with van der Waals surface area (Å²) in [4.78, 5) is 36.2. The molecule has 2 amide bonds. The van der Waals surface area contributed by atoms with Crippen LogP contribution in [0.4, 0.5) is 4.79 Å². The largest absolute Gasteiger partial charge is 0.439 e. The molecule has 124 valence electrons. The van der Waals surface area contributed by atoms with E-state index < -0.39 is 12.0 Å². The number of aromatic nitrogens is 2. The van der Waals surface area contributed by atoms with Crippen LogP contribution in [0.25, 0.3) is 0 Å². The SMILES string of the molecule is O=C(NCCN1CC(c2ccccc2)OC1=O)c1ccc(=O)[nH]n1. The van der Waals surface area contributed by atoms with E-state index >= 15 is 0 Å². The molecule has 1 aliphatic heterocycles. The minimum atomic E-state index is -0.418. The standard InChI is InChI=1S/C16H16N4O4/c21-14-7-6-12(18-19-14)15(22)17-8-9-20-10-13(24-16(20)23)11-4-2-1-3-5-11/h1-7,13H,8-10H2,(H,17,22)(H,19,21). The van der Waals surface area contributed by atoms with Crippen molar-refractivity contribution in [3.63, 3.8) is 0 Å². The summed E-state index contributed by atoms with van der Waals surface area (Å²) < 4.78 is 5.34. The number of benzene rings is 1. The van der Waals surface area contributed by atoms with Crippen molar-refractivity contribution in [3.8, 4) is 0 Å². The molecule has 1 aliphatic rings. The first-order chi connectivity index (χ1) is 11.6. The molecule has 1 aromatic carbocycles. The van der Waals surface area contributed by atoms with Gasteiger partial charge in [0, 0.05) is 19.2 Å². The molecule has 1 atom stereocenters. The van der Waals surface area contributed by atoms with Crippen molar-refractivity contribution < 1.29 is 14.3 Å². The van der Waals surface area contributed by atoms with Gasteiger partial charge in [0.1, 0.15) is 11.8 Å². The van der Waals surface area contributed by atoms with Crippen LogP contribution in [0.3, 0.4) is 0 Å². The lowest BCUT2D eigenvalue weighted by atomic mass is 10.1. The Bertz CT molecular complexity index is 770. The number of hydrogen-bond donors (Lipinski definition) is 2. The van der Waals surface area contributed by atoms with Crippen molar-refractivity contribution in [1.29, 1.82) is 0 Å². The third-order valence-electron chi connectivity index (χ3n) is 3.64. The number of ether oxygens (including phenoxy) is 1. The van der Waals surface area contributed by atoms with E-state index in [9.17, 15) is 14.4 Å². The molecule has 2 aromatic rings. The molecule has 2 N–H and O–H groups in total. The van der Waals surface area contributed by atoms with Crippen LogP contribution in [0.2, 0.25) is 0 Å². The average Bonchev–Trinajstić information content (AvgIpc) is 2.97. The monoisotopic (exact) mass is 328 g/mol. The predicted octanol–water partition coefficient (Wildman–Crippen LogP) is 0.693. The molecule has 8 heteroatoms. The van der Waals surface area contributed by atoms with Gasteiger partial charge in [-0.1, -0.05) is 30.3 Å². The first kappa shape index (κ1) is 15.7. The molecule has 8 nitrogen and oxygen atoms in total. The molecule has 0 saturated carbocycles. The van der Waals surface area contributed by atoms with Crippen LogP contribution in [0.5, 0.6) is 0 Å². The summed E-state index contributed by atoms with van der Waals surface area (Å²) in [5.41, 5.74) is 0.675. The summed E-state index contributed by atoms with van der Waals surface area (Å²) in [5.74, 6) is -0.418. The maximum absolute atomic E-state index is 11.9. The lowest BCUT2D eigenvalue weighted by Gasteiger charge is -2.13. The highest BCUT2D eigenvalue weighted by atomic mass is 16.6. The van der Waals surface area contributed by atoms with Gasteiger partial charge in [-0.25, -0.2) is 9.89 Å². The number of nitrogens with zero attached hydrogens (tertiary/aromatic N) is 2. The number of nitrogens with one attached hydrogen (secondary N) is 2. The number of aromatic amines is 1. The molecular weight excluding hydrogens is 312 g/mol. The fraction of sp³-hybridized carbons (Fsp3) is 0.250. The molecule has 1 saturated heterocycles. The van der Waals surface area contributed by atoms with Gasteiger partial charge in [0.25, 0.3) is 11.5 Å². The van der Waals surface area contributed by atoms with Crippen molar-refractivity contribution in [3.05, 3.63) is 64.1 Å². The molecule has 24 heavy (non-hydrogen) atoms. The highest BCUT2D eigenvalue weighted by Crippen LogP contribution is 2.25. The summed E-state index contributed by atoms with van der Waals surface area (Å²) in [5, 5.41) is 8.48. The fourth-order valence-electron chi connectivity index (χ4n) is 2.40. The highest BCUT2D eigenvalue weighted by Gasteiger charge is 2.31. The van der Waals surface area contributed by atoms with Gasteiger partial charge in [-0.05, 0) is 11.6 Å². The lowest BCUT2D eigenvalue weighted by Crippen LogP contribution is -2.36. The Kier molecular flexibility index (Phi) is 4.55. The molecule has 2 heterocycles. The average molecular weight is 328 g/mol. The second-order valence-corrected chi connectivity index (χ2v) is 5.29. The lowest BCUT2D eigenvalue weighted by molar-refractivity contribution is 0.0942. The van der Waals surface area contributed by atoms with Crippen LogP contribution in [0.1, 0.15) is 22.2 Å². The van der Waals surface area contributed by atoms with Crippen molar-refractivity contribution in [1.82, 2.24) is 20.4 Å². The normalized spacial score (nSPS) is 16.8. The molecule has 0 bridgehead atoms.